The number of rotatable bonds is 3. The average Bonchev–Trinajstić information content (AvgIpc) is 2.47. The molecule has 0 bridgehead atoms. The zero-order valence-electron chi connectivity index (χ0n) is 7.63. The lowest BCUT2D eigenvalue weighted by molar-refractivity contribution is -0.143. The molecule has 1 unspecified atom stereocenters. The second-order valence-corrected chi connectivity index (χ2v) is 5.12. The third-order valence-electron chi connectivity index (χ3n) is 2.11. The normalized spacial score (nSPS) is 22.8. The Morgan fingerprint density at radius 2 is 2.21 bits per heavy atom. The number of carboxylic acids is 1. The molecule has 1 aliphatic rings. The van der Waals surface area contributed by atoms with E-state index in [2.05, 4.69) is 0 Å². The van der Waals surface area contributed by atoms with Crippen LogP contribution in [0.2, 0.25) is 0 Å². The van der Waals surface area contributed by atoms with Crippen LogP contribution in [-0.4, -0.2) is 41.5 Å². The summed E-state index contributed by atoms with van der Waals surface area (Å²) in [6, 6.07) is -1.22. The van der Waals surface area contributed by atoms with E-state index in [4.69, 9.17) is 5.11 Å². The fourth-order valence-electron chi connectivity index (χ4n) is 1.37. The van der Waals surface area contributed by atoms with E-state index in [-0.39, 0.29) is 18.6 Å². The summed E-state index contributed by atoms with van der Waals surface area (Å²) in [6.45, 7) is 1.37. The number of amides is 1. The Bertz CT molecular complexity index is 360. The molecule has 80 valence electrons. The molecule has 0 aliphatic carbocycles. The summed E-state index contributed by atoms with van der Waals surface area (Å²) in [7, 11) is -3.74. The molecule has 7 heteroatoms. The monoisotopic (exact) mass is 221 g/mol. The maximum absolute atomic E-state index is 11.4. The Morgan fingerprint density at radius 3 is 2.64 bits per heavy atom. The maximum Gasteiger partial charge on any atom is 0.327 e. The lowest BCUT2D eigenvalue weighted by Gasteiger charge is -2.20. The topological polar surface area (TPSA) is 91.8 Å². The van der Waals surface area contributed by atoms with Crippen molar-refractivity contribution in [2.24, 2.45) is 0 Å². The van der Waals surface area contributed by atoms with Crippen LogP contribution in [0.25, 0.3) is 0 Å². The van der Waals surface area contributed by atoms with Crippen LogP contribution in [0.1, 0.15) is 19.8 Å². The van der Waals surface area contributed by atoms with Gasteiger partial charge in [-0.15, -0.1) is 0 Å². The first-order valence-electron chi connectivity index (χ1n) is 4.18. The molecule has 1 N–H and O–H groups in total. The SMILES string of the molecule is CCS(=O)(=O)N1C(=O)CCC1C(=O)O. The zero-order chi connectivity index (χ0) is 10.9. The lowest BCUT2D eigenvalue weighted by Crippen LogP contribution is -2.43. The van der Waals surface area contributed by atoms with Gasteiger partial charge in [-0.2, -0.15) is 0 Å². The number of aliphatic carboxylic acids is 1. The fourth-order valence-corrected chi connectivity index (χ4v) is 2.64. The number of sulfonamides is 1. The van der Waals surface area contributed by atoms with Crippen molar-refractivity contribution >= 4 is 21.9 Å². The minimum absolute atomic E-state index is 0.0177. The summed E-state index contributed by atoms with van der Waals surface area (Å²) < 4.78 is 23.2. The summed E-state index contributed by atoms with van der Waals surface area (Å²) in [4.78, 5) is 21.8. The van der Waals surface area contributed by atoms with Gasteiger partial charge in [-0.05, 0) is 13.3 Å². The van der Waals surface area contributed by atoms with Gasteiger partial charge in [0.2, 0.25) is 15.9 Å². The molecule has 1 amide bonds. The number of nitrogens with zero attached hydrogens (tertiary/aromatic N) is 1. The van der Waals surface area contributed by atoms with Crippen LogP contribution in [0.5, 0.6) is 0 Å². The van der Waals surface area contributed by atoms with Crippen LogP contribution in [0.15, 0.2) is 0 Å². The molecule has 0 saturated carbocycles. The largest absolute Gasteiger partial charge is 0.480 e. The Kier molecular flexibility index (Phi) is 2.79. The minimum Gasteiger partial charge on any atom is -0.480 e. The van der Waals surface area contributed by atoms with Crippen LogP contribution in [-0.2, 0) is 19.6 Å². The summed E-state index contributed by atoms with van der Waals surface area (Å²) in [5.41, 5.74) is 0. The second kappa shape index (κ2) is 3.56. The predicted molar refractivity (Wildman–Crippen MR) is 47.0 cm³/mol. The molecule has 1 atom stereocenters. The standard InChI is InChI=1S/C7H11NO5S/c1-2-14(12,13)8-5(7(10)11)3-4-6(8)9/h5H,2-4H2,1H3,(H,10,11). The third kappa shape index (κ3) is 1.72. The van der Waals surface area contributed by atoms with E-state index in [1.807, 2.05) is 0 Å². The van der Waals surface area contributed by atoms with Gasteiger partial charge in [0.1, 0.15) is 6.04 Å². The molecule has 1 aliphatic heterocycles. The van der Waals surface area contributed by atoms with Gasteiger partial charge >= 0.3 is 5.97 Å². The molecule has 0 spiro atoms. The number of carboxylic acid groups (broad SMARTS) is 1. The molecule has 0 aromatic rings. The number of hydrogen-bond donors (Lipinski definition) is 1. The van der Waals surface area contributed by atoms with E-state index in [1.165, 1.54) is 6.92 Å². The van der Waals surface area contributed by atoms with Crippen LogP contribution >= 0.6 is 0 Å². The van der Waals surface area contributed by atoms with Gasteiger partial charge in [0.25, 0.3) is 0 Å². The lowest BCUT2D eigenvalue weighted by atomic mass is 10.2. The molecule has 6 nitrogen and oxygen atoms in total. The van der Waals surface area contributed by atoms with Crippen molar-refractivity contribution < 1.29 is 23.1 Å². The van der Waals surface area contributed by atoms with Crippen molar-refractivity contribution in [1.29, 1.82) is 0 Å². The molecule has 1 fully saturated rings. The Labute approximate surface area is 81.6 Å². The summed E-state index contributed by atoms with van der Waals surface area (Å²) >= 11 is 0. The average molecular weight is 221 g/mol. The first kappa shape index (κ1) is 11.0. The Morgan fingerprint density at radius 1 is 1.64 bits per heavy atom. The highest BCUT2D eigenvalue weighted by molar-refractivity contribution is 7.89. The summed E-state index contributed by atoms with van der Waals surface area (Å²) in [5.74, 6) is -2.16. The molecule has 0 radical (unpaired) electrons. The number of carbonyl (C=O) groups is 2. The van der Waals surface area contributed by atoms with Gasteiger partial charge in [-0.25, -0.2) is 17.5 Å². The maximum atomic E-state index is 11.4. The molecular formula is C7H11NO5S. The highest BCUT2D eigenvalue weighted by Crippen LogP contribution is 2.22. The molecule has 1 saturated heterocycles. The van der Waals surface area contributed by atoms with Crippen molar-refractivity contribution in [2.75, 3.05) is 5.75 Å². The number of carbonyl (C=O) groups excluding carboxylic acids is 1. The van der Waals surface area contributed by atoms with E-state index in [1.54, 1.807) is 0 Å². The van der Waals surface area contributed by atoms with Crippen molar-refractivity contribution in [3.63, 3.8) is 0 Å². The van der Waals surface area contributed by atoms with Crippen molar-refractivity contribution in [3.05, 3.63) is 0 Å². The molecule has 14 heavy (non-hydrogen) atoms. The van der Waals surface area contributed by atoms with Gasteiger partial charge < -0.3 is 5.11 Å². The van der Waals surface area contributed by atoms with Crippen LogP contribution in [0.3, 0.4) is 0 Å². The van der Waals surface area contributed by atoms with Gasteiger partial charge in [0.05, 0.1) is 5.75 Å². The summed E-state index contributed by atoms with van der Waals surface area (Å²) in [5, 5.41) is 8.70. The van der Waals surface area contributed by atoms with Gasteiger partial charge in [-0.3, -0.25) is 4.79 Å². The first-order valence-corrected chi connectivity index (χ1v) is 5.78. The minimum atomic E-state index is -3.74. The van der Waals surface area contributed by atoms with E-state index in [0.717, 1.165) is 0 Å². The number of hydrogen-bond acceptors (Lipinski definition) is 4. The van der Waals surface area contributed by atoms with Crippen LogP contribution in [0.4, 0.5) is 0 Å². The molecule has 0 aromatic carbocycles. The van der Waals surface area contributed by atoms with Gasteiger partial charge in [0, 0.05) is 6.42 Å². The van der Waals surface area contributed by atoms with Crippen molar-refractivity contribution in [2.45, 2.75) is 25.8 Å². The molecule has 1 rings (SSSR count). The molecule has 0 aromatic heterocycles. The van der Waals surface area contributed by atoms with E-state index < -0.39 is 27.9 Å². The molecule has 1 heterocycles. The van der Waals surface area contributed by atoms with E-state index in [0.29, 0.717) is 4.31 Å². The highest BCUT2D eigenvalue weighted by Gasteiger charge is 2.42. The van der Waals surface area contributed by atoms with Gasteiger partial charge in [-0.1, -0.05) is 0 Å². The third-order valence-corrected chi connectivity index (χ3v) is 3.90. The smallest absolute Gasteiger partial charge is 0.327 e. The van der Waals surface area contributed by atoms with E-state index in [9.17, 15) is 18.0 Å². The van der Waals surface area contributed by atoms with Crippen molar-refractivity contribution in [1.82, 2.24) is 4.31 Å². The predicted octanol–water partition coefficient (Wildman–Crippen LogP) is -0.588. The Balaban J connectivity index is 3.05. The Hall–Kier alpha value is -1.11. The van der Waals surface area contributed by atoms with Gasteiger partial charge in [0.15, 0.2) is 0 Å². The zero-order valence-corrected chi connectivity index (χ0v) is 8.45. The second-order valence-electron chi connectivity index (χ2n) is 2.98. The fraction of sp³-hybridized carbons (Fsp3) is 0.714. The molecular weight excluding hydrogens is 210 g/mol. The van der Waals surface area contributed by atoms with Crippen LogP contribution in [0, 0.1) is 0 Å². The van der Waals surface area contributed by atoms with Crippen LogP contribution < -0.4 is 0 Å². The highest BCUT2D eigenvalue weighted by atomic mass is 32.2. The summed E-state index contributed by atoms with van der Waals surface area (Å²) in [6.07, 6.45) is 0.0452. The van der Waals surface area contributed by atoms with Crippen molar-refractivity contribution in [3.8, 4) is 0 Å². The first-order chi connectivity index (χ1) is 6.40. The quantitative estimate of drug-likeness (QED) is 0.687. The van der Waals surface area contributed by atoms with E-state index >= 15 is 0 Å².